The Hall–Kier alpha value is -1.71. The highest BCUT2D eigenvalue weighted by molar-refractivity contribution is 5.99. The molecule has 1 rings (SSSR count). The number of unbranched alkanes of at least 4 members (excludes halogenated alkanes) is 1. The van der Waals surface area contributed by atoms with E-state index < -0.39 is 5.91 Å². The van der Waals surface area contributed by atoms with Crippen molar-refractivity contribution in [1.29, 1.82) is 0 Å². The lowest BCUT2D eigenvalue weighted by Crippen LogP contribution is -2.34. The number of nitrogens with one attached hydrogen (secondary N) is 1. The van der Waals surface area contributed by atoms with Gasteiger partial charge < -0.3 is 15.5 Å². The highest BCUT2D eigenvalue weighted by Crippen LogP contribution is 2.26. The molecule has 0 spiro atoms. The lowest BCUT2D eigenvalue weighted by molar-refractivity contribution is 0.0926. The fourth-order valence-corrected chi connectivity index (χ4v) is 2.11. The summed E-state index contributed by atoms with van der Waals surface area (Å²) in [5, 5.41) is 22.2. The van der Waals surface area contributed by atoms with Crippen LogP contribution in [-0.2, 0) is 0 Å². The van der Waals surface area contributed by atoms with E-state index in [0.29, 0.717) is 0 Å². The van der Waals surface area contributed by atoms with Crippen LogP contribution in [0.15, 0.2) is 18.2 Å². The number of rotatable bonds is 7. The number of hydrogen-bond donors (Lipinski definition) is 3. The van der Waals surface area contributed by atoms with Gasteiger partial charge >= 0.3 is 0 Å². The topological polar surface area (TPSA) is 69.6 Å². The standard InChI is InChI=1S/C15H23NO3/c1-3-5-8-11(7-4-2)16-15(19)14-12(17)9-6-10-13(14)18/h6,9-11,17-18H,3-5,7-8H2,1-2H3,(H,16,19). The number of carbonyl (C=O) groups excluding carboxylic acids is 1. The molecule has 0 saturated carbocycles. The molecule has 0 fully saturated rings. The average Bonchev–Trinajstić information content (AvgIpc) is 2.36. The van der Waals surface area contributed by atoms with Crippen molar-refractivity contribution in [3.63, 3.8) is 0 Å². The SMILES string of the molecule is CCCCC(CCC)NC(=O)c1c(O)cccc1O. The molecule has 1 aromatic carbocycles. The molecule has 4 heteroatoms. The van der Waals surface area contributed by atoms with E-state index in [2.05, 4.69) is 19.2 Å². The van der Waals surface area contributed by atoms with Gasteiger partial charge in [-0.3, -0.25) is 4.79 Å². The molecular weight excluding hydrogens is 242 g/mol. The van der Waals surface area contributed by atoms with E-state index in [0.717, 1.165) is 32.1 Å². The summed E-state index contributed by atoms with van der Waals surface area (Å²) < 4.78 is 0. The Morgan fingerprint density at radius 1 is 1.16 bits per heavy atom. The number of amides is 1. The molecule has 1 atom stereocenters. The molecule has 1 amide bonds. The second-order valence-electron chi connectivity index (χ2n) is 4.77. The molecule has 19 heavy (non-hydrogen) atoms. The van der Waals surface area contributed by atoms with E-state index >= 15 is 0 Å². The molecule has 106 valence electrons. The molecule has 0 aromatic heterocycles. The zero-order chi connectivity index (χ0) is 14.3. The Balaban J connectivity index is 2.75. The summed E-state index contributed by atoms with van der Waals surface area (Å²) in [6.45, 7) is 4.18. The average molecular weight is 265 g/mol. The number of hydrogen-bond acceptors (Lipinski definition) is 3. The number of phenols is 2. The van der Waals surface area contributed by atoms with Crippen molar-refractivity contribution in [2.45, 2.75) is 52.0 Å². The maximum absolute atomic E-state index is 12.1. The lowest BCUT2D eigenvalue weighted by Gasteiger charge is -2.18. The summed E-state index contributed by atoms with van der Waals surface area (Å²) in [4.78, 5) is 12.1. The van der Waals surface area contributed by atoms with E-state index in [-0.39, 0.29) is 23.1 Å². The molecule has 1 aromatic rings. The van der Waals surface area contributed by atoms with Gasteiger partial charge in [0.25, 0.3) is 5.91 Å². The maximum Gasteiger partial charge on any atom is 0.259 e. The van der Waals surface area contributed by atoms with Crippen LogP contribution < -0.4 is 5.32 Å². The van der Waals surface area contributed by atoms with Crippen LogP contribution in [0, 0.1) is 0 Å². The molecule has 4 nitrogen and oxygen atoms in total. The van der Waals surface area contributed by atoms with Crippen LogP contribution >= 0.6 is 0 Å². The highest BCUT2D eigenvalue weighted by atomic mass is 16.3. The predicted octanol–water partition coefficient (Wildman–Crippen LogP) is 3.19. The van der Waals surface area contributed by atoms with Crippen LogP contribution in [0.4, 0.5) is 0 Å². The smallest absolute Gasteiger partial charge is 0.259 e. The Morgan fingerprint density at radius 3 is 2.32 bits per heavy atom. The largest absolute Gasteiger partial charge is 0.507 e. The van der Waals surface area contributed by atoms with Crippen molar-refractivity contribution in [1.82, 2.24) is 5.32 Å². The van der Waals surface area contributed by atoms with E-state index in [9.17, 15) is 15.0 Å². The first-order valence-electron chi connectivity index (χ1n) is 6.91. The highest BCUT2D eigenvalue weighted by Gasteiger charge is 2.18. The minimum absolute atomic E-state index is 0.0416. The Bertz CT molecular complexity index is 398. The minimum Gasteiger partial charge on any atom is -0.507 e. The van der Waals surface area contributed by atoms with E-state index in [1.54, 1.807) is 0 Å². The third-order valence-electron chi connectivity index (χ3n) is 3.13. The van der Waals surface area contributed by atoms with Gasteiger partial charge in [-0.1, -0.05) is 39.2 Å². The first-order chi connectivity index (χ1) is 9.10. The number of aromatic hydroxyl groups is 2. The summed E-state index contributed by atoms with van der Waals surface area (Å²) in [6.07, 6.45) is 4.95. The van der Waals surface area contributed by atoms with Crippen molar-refractivity contribution in [2.75, 3.05) is 0 Å². The quantitative estimate of drug-likeness (QED) is 0.709. The summed E-state index contributed by atoms with van der Waals surface area (Å²) in [7, 11) is 0. The molecule has 0 aliphatic heterocycles. The summed E-state index contributed by atoms with van der Waals surface area (Å²) in [5.41, 5.74) is -0.0416. The fourth-order valence-electron chi connectivity index (χ4n) is 2.11. The van der Waals surface area contributed by atoms with Gasteiger partial charge in [0.15, 0.2) is 0 Å². The van der Waals surface area contributed by atoms with Crippen molar-refractivity contribution < 1.29 is 15.0 Å². The molecule has 3 N–H and O–H groups in total. The minimum atomic E-state index is -0.412. The van der Waals surface area contributed by atoms with Crippen LogP contribution in [0.3, 0.4) is 0 Å². The zero-order valence-corrected chi connectivity index (χ0v) is 11.6. The molecule has 0 radical (unpaired) electrons. The van der Waals surface area contributed by atoms with E-state index in [4.69, 9.17) is 0 Å². The van der Waals surface area contributed by atoms with Crippen molar-refractivity contribution in [3.8, 4) is 11.5 Å². The Kier molecular flexibility index (Phi) is 6.19. The monoisotopic (exact) mass is 265 g/mol. The molecule has 0 heterocycles. The predicted molar refractivity (Wildman–Crippen MR) is 75.5 cm³/mol. The van der Waals surface area contributed by atoms with E-state index in [1.807, 2.05) is 0 Å². The number of carbonyl (C=O) groups is 1. The van der Waals surface area contributed by atoms with Crippen LogP contribution in [0.25, 0.3) is 0 Å². The van der Waals surface area contributed by atoms with Gasteiger partial charge in [-0.25, -0.2) is 0 Å². The van der Waals surface area contributed by atoms with Crippen LogP contribution in [-0.4, -0.2) is 22.2 Å². The van der Waals surface area contributed by atoms with Gasteiger partial charge in [0.05, 0.1) is 0 Å². The second-order valence-corrected chi connectivity index (χ2v) is 4.77. The third-order valence-corrected chi connectivity index (χ3v) is 3.13. The summed E-state index contributed by atoms with van der Waals surface area (Å²) in [5.74, 6) is -0.795. The van der Waals surface area contributed by atoms with Crippen LogP contribution in [0.5, 0.6) is 11.5 Å². The molecular formula is C15H23NO3. The molecule has 1 unspecified atom stereocenters. The van der Waals surface area contributed by atoms with Crippen molar-refractivity contribution in [3.05, 3.63) is 23.8 Å². The van der Waals surface area contributed by atoms with Gasteiger partial charge in [0, 0.05) is 6.04 Å². The third kappa shape index (κ3) is 4.47. The summed E-state index contributed by atoms with van der Waals surface area (Å²) in [6, 6.07) is 4.39. The molecule has 0 bridgehead atoms. The lowest BCUT2D eigenvalue weighted by atomic mass is 10.0. The Morgan fingerprint density at radius 2 is 1.79 bits per heavy atom. The van der Waals surface area contributed by atoms with Crippen molar-refractivity contribution >= 4 is 5.91 Å². The Labute approximate surface area is 114 Å². The van der Waals surface area contributed by atoms with E-state index in [1.165, 1.54) is 18.2 Å². The maximum atomic E-state index is 12.1. The van der Waals surface area contributed by atoms with Gasteiger partial charge in [0.2, 0.25) is 0 Å². The first kappa shape index (κ1) is 15.3. The second kappa shape index (κ2) is 7.67. The number of phenolic OH excluding ortho intramolecular Hbond substituents is 2. The van der Waals surface area contributed by atoms with Crippen molar-refractivity contribution in [2.24, 2.45) is 0 Å². The summed E-state index contributed by atoms with van der Waals surface area (Å²) >= 11 is 0. The van der Waals surface area contributed by atoms with Crippen LogP contribution in [0.1, 0.15) is 56.3 Å². The zero-order valence-electron chi connectivity index (χ0n) is 11.6. The van der Waals surface area contributed by atoms with Gasteiger partial charge in [0.1, 0.15) is 17.1 Å². The molecule has 0 aliphatic rings. The first-order valence-corrected chi connectivity index (χ1v) is 6.91. The van der Waals surface area contributed by atoms with Gasteiger partial charge in [-0.05, 0) is 25.0 Å². The van der Waals surface area contributed by atoms with Crippen LogP contribution in [0.2, 0.25) is 0 Å². The van der Waals surface area contributed by atoms with Gasteiger partial charge in [-0.15, -0.1) is 0 Å². The fraction of sp³-hybridized carbons (Fsp3) is 0.533. The molecule has 0 saturated heterocycles. The molecule has 0 aliphatic carbocycles. The van der Waals surface area contributed by atoms with Gasteiger partial charge in [-0.2, -0.15) is 0 Å². The number of benzene rings is 1. The normalized spacial score (nSPS) is 12.1.